The first-order valence-corrected chi connectivity index (χ1v) is 10.4. The van der Waals surface area contributed by atoms with Gasteiger partial charge in [-0.2, -0.15) is 0 Å². The second-order valence-electron chi connectivity index (χ2n) is 7.92. The van der Waals surface area contributed by atoms with Gasteiger partial charge < -0.3 is 26.0 Å². The van der Waals surface area contributed by atoms with Gasteiger partial charge in [-0.25, -0.2) is 4.79 Å². The highest BCUT2D eigenvalue weighted by Crippen LogP contribution is 2.46. The number of hydrogen-bond acceptors (Lipinski definition) is 6. The van der Waals surface area contributed by atoms with Gasteiger partial charge in [0, 0.05) is 25.6 Å². The van der Waals surface area contributed by atoms with Gasteiger partial charge in [0.1, 0.15) is 11.6 Å². The average Bonchev–Trinajstić information content (AvgIpc) is 3.39. The van der Waals surface area contributed by atoms with Crippen molar-refractivity contribution in [2.24, 2.45) is 11.7 Å². The summed E-state index contributed by atoms with van der Waals surface area (Å²) < 4.78 is 5.23. The monoisotopic (exact) mass is 392 g/mol. The van der Waals surface area contributed by atoms with Crippen molar-refractivity contribution in [1.29, 1.82) is 0 Å². The standard InChI is InChI=1S/C20H32N4O4/c1-2-28-19(27)20-12-14(20)8-6-4-3-5-7-9-15(21)18(26)24-11-10-22-13-16(24)17(25)23-20/h6,8,14-16,22H,2-5,7,9-13,21H2,1H3,(H,23,25)/b8-6-/t14?,15-,16?,20+/m0/s1. The summed E-state index contributed by atoms with van der Waals surface area (Å²) in [5, 5.41) is 6.08. The van der Waals surface area contributed by atoms with Crippen LogP contribution in [0.15, 0.2) is 12.2 Å². The molecule has 3 rings (SSSR count). The molecule has 4 N–H and O–H groups in total. The first-order valence-electron chi connectivity index (χ1n) is 10.4. The van der Waals surface area contributed by atoms with Crippen molar-refractivity contribution in [1.82, 2.24) is 15.5 Å². The number of nitrogens with one attached hydrogen (secondary N) is 2. The Morgan fingerprint density at radius 3 is 2.96 bits per heavy atom. The van der Waals surface area contributed by atoms with E-state index in [0.717, 1.165) is 25.7 Å². The van der Waals surface area contributed by atoms with Crippen molar-refractivity contribution in [2.45, 2.75) is 63.1 Å². The number of amides is 2. The van der Waals surface area contributed by atoms with Gasteiger partial charge in [-0.15, -0.1) is 0 Å². The number of carbonyl (C=O) groups excluding carboxylic acids is 3. The lowest BCUT2D eigenvalue weighted by atomic mass is 10.0. The maximum Gasteiger partial charge on any atom is 0.332 e. The predicted molar refractivity (Wildman–Crippen MR) is 104 cm³/mol. The second-order valence-corrected chi connectivity index (χ2v) is 7.92. The van der Waals surface area contributed by atoms with Gasteiger partial charge in [0.05, 0.1) is 12.6 Å². The van der Waals surface area contributed by atoms with Crippen LogP contribution < -0.4 is 16.4 Å². The quantitative estimate of drug-likeness (QED) is 0.453. The lowest BCUT2D eigenvalue weighted by molar-refractivity contribution is -0.150. The fourth-order valence-electron chi connectivity index (χ4n) is 4.12. The van der Waals surface area contributed by atoms with Crippen molar-refractivity contribution < 1.29 is 19.1 Å². The van der Waals surface area contributed by atoms with Gasteiger partial charge >= 0.3 is 5.97 Å². The van der Waals surface area contributed by atoms with Gasteiger partial charge in [0.15, 0.2) is 0 Å². The molecule has 8 heteroatoms. The predicted octanol–water partition coefficient (Wildman–Crippen LogP) is 0.0724. The number of ether oxygens (including phenoxy) is 1. The van der Waals surface area contributed by atoms with Crippen LogP contribution >= 0.6 is 0 Å². The molecule has 0 aromatic carbocycles. The Balaban J connectivity index is 1.83. The topological polar surface area (TPSA) is 114 Å². The molecule has 28 heavy (non-hydrogen) atoms. The van der Waals surface area contributed by atoms with Crippen molar-refractivity contribution in [3.63, 3.8) is 0 Å². The molecule has 1 aliphatic carbocycles. The molecule has 2 fully saturated rings. The summed E-state index contributed by atoms with van der Waals surface area (Å²) in [6, 6.07) is -1.27. The van der Waals surface area contributed by atoms with E-state index in [1.54, 1.807) is 11.8 Å². The smallest absolute Gasteiger partial charge is 0.332 e. The van der Waals surface area contributed by atoms with Crippen molar-refractivity contribution in [3.8, 4) is 0 Å². The summed E-state index contributed by atoms with van der Waals surface area (Å²) in [5.74, 6) is -0.983. The zero-order valence-electron chi connectivity index (χ0n) is 16.6. The van der Waals surface area contributed by atoms with E-state index < -0.39 is 23.6 Å². The van der Waals surface area contributed by atoms with E-state index in [1.807, 2.05) is 6.08 Å². The molecule has 0 aromatic rings. The molecular weight excluding hydrogens is 360 g/mol. The molecule has 1 saturated heterocycles. The van der Waals surface area contributed by atoms with Crippen molar-refractivity contribution in [2.75, 3.05) is 26.2 Å². The van der Waals surface area contributed by atoms with Crippen LogP contribution in [0.2, 0.25) is 0 Å². The number of esters is 1. The minimum Gasteiger partial charge on any atom is -0.464 e. The summed E-state index contributed by atoms with van der Waals surface area (Å²) in [4.78, 5) is 40.1. The minimum absolute atomic E-state index is 0.0661. The van der Waals surface area contributed by atoms with Gasteiger partial charge in [-0.3, -0.25) is 9.59 Å². The number of hydrogen-bond donors (Lipinski definition) is 3. The third-order valence-electron chi connectivity index (χ3n) is 5.90. The Labute approximate surface area is 166 Å². The van der Waals surface area contributed by atoms with Gasteiger partial charge in [0.25, 0.3) is 0 Å². The summed E-state index contributed by atoms with van der Waals surface area (Å²) in [6.45, 7) is 3.42. The van der Waals surface area contributed by atoms with Gasteiger partial charge in [0.2, 0.25) is 11.8 Å². The number of nitrogens with two attached hydrogens (primary N) is 1. The van der Waals surface area contributed by atoms with Crippen LogP contribution in [0.25, 0.3) is 0 Å². The van der Waals surface area contributed by atoms with E-state index >= 15 is 0 Å². The summed E-state index contributed by atoms with van der Waals surface area (Å²) in [7, 11) is 0. The second kappa shape index (κ2) is 9.05. The Kier molecular flexibility index (Phi) is 6.72. The fraction of sp³-hybridized carbons (Fsp3) is 0.750. The van der Waals surface area contributed by atoms with Crippen LogP contribution in [-0.4, -0.2) is 66.5 Å². The zero-order valence-corrected chi connectivity index (χ0v) is 16.6. The van der Waals surface area contributed by atoms with Crippen LogP contribution in [0.4, 0.5) is 0 Å². The van der Waals surface area contributed by atoms with Crippen LogP contribution in [-0.2, 0) is 19.1 Å². The van der Waals surface area contributed by atoms with E-state index in [-0.39, 0.29) is 24.3 Å². The normalized spacial score (nSPS) is 35.5. The summed E-state index contributed by atoms with van der Waals surface area (Å²) >= 11 is 0. The number of piperazine rings is 1. The number of nitrogens with zero attached hydrogens (tertiary/aromatic N) is 1. The molecule has 2 amide bonds. The zero-order chi connectivity index (χ0) is 20.1. The van der Waals surface area contributed by atoms with E-state index in [9.17, 15) is 14.4 Å². The van der Waals surface area contributed by atoms with Crippen LogP contribution in [0, 0.1) is 5.92 Å². The molecule has 2 unspecified atom stereocenters. The SMILES string of the molecule is CCOC(=O)[C@@]12CC1/C=C\CCCCC[C@H](N)C(=O)N1CCNCC1C(=O)N2. The van der Waals surface area contributed by atoms with Gasteiger partial charge in [-0.05, 0) is 32.6 Å². The highest BCUT2D eigenvalue weighted by Gasteiger charge is 2.61. The Morgan fingerprint density at radius 1 is 1.36 bits per heavy atom. The maximum absolute atomic E-state index is 13.1. The Bertz CT molecular complexity index is 638. The molecular formula is C20H32N4O4. The first kappa shape index (κ1) is 20.8. The molecule has 1 saturated carbocycles. The number of allylic oxidation sites excluding steroid dienone is 1. The van der Waals surface area contributed by atoms with Gasteiger partial charge in [-0.1, -0.05) is 25.0 Å². The fourth-order valence-corrected chi connectivity index (χ4v) is 4.12. The maximum atomic E-state index is 13.1. The molecule has 0 spiro atoms. The summed E-state index contributed by atoms with van der Waals surface area (Å²) in [6.07, 6.45) is 9.06. The number of rotatable bonds is 2. The molecule has 2 aliphatic heterocycles. The first-order chi connectivity index (χ1) is 13.5. The third-order valence-corrected chi connectivity index (χ3v) is 5.90. The third kappa shape index (κ3) is 4.38. The molecule has 0 radical (unpaired) electrons. The molecule has 3 aliphatic rings. The highest BCUT2D eigenvalue weighted by atomic mass is 16.5. The van der Waals surface area contributed by atoms with Crippen molar-refractivity contribution >= 4 is 17.8 Å². The van der Waals surface area contributed by atoms with Crippen LogP contribution in [0.3, 0.4) is 0 Å². The number of fused-ring (bicyclic) bond motifs is 2. The molecule has 0 aromatic heterocycles. The Hall–Kier alpha value is -1.93. The number of carbonyl (C=O) groups is 3. The van der Waals surface area contributed by atoms with Crippen LogP contribution in [0.5, 0.6) is 0 Å². The van der Waals surface area contributed by atoms with E-state index in [2.05, 4.69) is 16.7 Å². The minimum atomic E-state index is -1.02. The summed E-state index contributed by atoms with van der Waals surface area (Å²) in [5.41, 5.74) is 5.11. The van der Waals surface area contributed by atoms with Crippen molar-refractivity contribution in [3.05, 3.63) is 12.2 Å². The average molecular weight is 393 g/mol. The molecule has 2 heterocycles. The van der Waals surface area contributed by atoms with E-state index in [0.29, 0.717) is 32.5 Å². The lowest BCUT2D eigenvalue weighted by Gasteiger charge is -2.37. The molecule has 0 bridgehead atoms. The molecule has 4 atom stereocenters. The molecule has 156 valence electrons. The highest BCUT2D eigenvalue weighted by molar-refractivity contribution is 5.96. The lowest BCUT2D eigenvalue weighted by Crippen LogP contribution is -2.64. The largest absolute Gasteiger partial charge is 0.464 e. The molecule has 8 nitrogen and oxygen atoms in total. The van der Waals surface area contributed by atoms with E-state index in [4.69, 9.17) is 10.5 Å². The van der Waals surface area contributed by atoms with Crippen LogP contribution in [0.1, 0.15) is 45.4 Å². The Morgan fingerprint density at radius 2 is 2.18 bits per heavy atom. The van der Waals surface area contributed by atoms with E-state index in [1.165, 1.54) is 0 Å².